The van der Waals surface area contributed by atoms with E-state index >= 15 is 0 Å². The van der Waals surface area contributed by atoms with Gasteiger partial charge in [-0.1, -0.05) is 0 Å². The molecule has 0 fully saturated rings. The van der Waals surface area contributed by atoms with Crippen molar-refractivity contribution in [3.05, 3.63) is 34.8 Å². The van der Waals surface area contributed by atoms with Gasteiger partial charge in [0.05, 0.1) is 11.9 Å². The van der Waals surface area contributed by atoms with Gasteiger partial charge in [-0.2, -0.15) is 10.2 Å². The molecule has 0 aromatic carbocycles. The van der Waals surface area contributed by atoms with Crippen molar-refractivity contribution in [2.45, 2.75) is 13.5 Å². The van der Waals surface area contributed by atoms with Crippen LogP contribution in [0.3, 0.4) is 0 Å². The summed E-state index contributed by atoms with van der Waals surface area (Å²) >= 11 is 0. The van der Waals surface area contributed by atoms with Crippen LogP contribution in [-0.2, 0) is 13.6 Å². The molecule has 7 nitrogen and oxygen atoms in total. The molecule has 0 bridgehead atoms. The number of anilines is 1. The molecule has 0 aliphatic rings. The van der Waals surface area contributed by atoms with Crippen LogP contribution in [0.15, 0.2) is 23.4 Å². The third kappa shape index (κ3) is 2.49. The first-order valence-corrected chi connectivity index (χ1v) is 5.34. The highest BCUT2D eigenvalue weighted by Gasteiger charge is 2.04. The lowest BCUT2D eigenvalue weighted by molar-refractivity contribution is 0.581. The van der Waals surface area contributed by atoms with Crippen LogP contribution < -0.4 is 10.9 Å². The predicted octanol–water partition coefficient (Wildman–Crippen LogP) is -0.148. The molecule has 1 N–H and O–H groups in total. The highest BCUT2D eigenvalue weighted by molar-refractivity contribution is 5.38. The molecule has 7 heteroatoms. The fraction of sp³-hybridized carbons (Fsp3) is 0.400. The van der Waals surface area contributed by atoms with E-state index in [1.54, 1.807) is 17.9 Å². The molecule has 0 saturated heterocycles. The first-order chi connectivity index (χ1) is 8.20. The minimum absolute atomic E-state index is 0.161. The second-order valence-corrected chi connectivity index (χ2v) is 3.57. The van der Waals surface area contributed by atoms with Crippen LogP contribution in [0.5, 0.6) is 0 Å². The second-order valence-electron chi connectivity index (χ2n) is 3.57. The zero-order chi connectivity index (χ0) is 12.3. The first kappa shape index (κ1) is 11.3. The smallest absolute Gasteiger partial charge is 0.269 e. The lowest BCUT2D eigenvalue weighted by Gasteiger charge is -2.06. The minimum atomic E-state index is -0.161. The van der Waals surface area contributed by atoms with Crippen LogP contribution in [0.2, 0.25) is 0 Å². The van der Waals surface area contributed by atoms with Crippen molar-refractivity contribution in [1.29, 1.82) is 0 Å². The zero-order valence-corrected chi connectivity index (χ0v) is 9.79. The average Bonchev–Trinajstić information content (AvgIpc) is 2.69. The van der Waals surface area contributed by atoms with E-state index < -0.39 is 0 Å². The summed E-state index contributed by atoms with van der Waals surface area (Å²) in [6.45, 7) is 3.04. The minimum Gasteiger partial charge on any atom is -0.384 e. The summed E-state index contributed by atoms with van der Waals surface area (Å²) in [5.41, 5.74) is 0.568. The summed E-state index contributed by atoms with van der Waals surface area (Å²) in [5, 5.41) is 11.0. The monoisotopic (exact) mass is 234 g/mol. The van der Waals surface area contributed by atoms with Crippen molar-refractivity contribution in [3.63, 3.8) is 0 Å². The Morgan fingerprint density at radius 3 is 2.82 bits per heavy atom. The molecule has 2 aromatic rings. The average molecular weight is 234 g/mol. The molecule has 0 radical (unpaired) electrons. The Labute approximate surface area is 98.1 Å². The molecule has 0 unspecified atom stereocenters. The van der Waals surface area contributed by atoms with Crippen molar-refractivity contribution in [1.82, 2.24) is 24.5 Å². The van der Waals surface area contributed by atoms with Crippen molar-refractivity contribution in [2.75, 3.05) is 11.9 Å². The van der Waals surface area contributed by atoms with Crippen molar-refractivity contribution in [3.8, 4) is 0 Å². The summed E-state index contributed by atoms with van der Waals surface area (Å²) in [5.74, 6) is 0.691. The van der Waals surface area contributed by atoms with E-state index in [1.807, 2.05) is 6.92 Å². The Kier molecular flexibility index (Phi) is 3.17. The molecule has 2 rings (SSSR count). The Morgan fingerprint density at radius 2 is 2.24 bits per heavy atom. The van der Waals surface area contributed by atoms with Gasteiger partial charge >= 0.3 is 0 Å². The number of nitrogens with one attached hydrogen (secondary N) is 1. The van der Waals surface area contributed by atoms with E-state index in [9.17, 15) is 4.79 Å². The van der Waals surface area contributed by atoms with Gasteiger partial charge in [0.1, 0.15) is 18.7 Å². The Morgan fingerprint density at radius 1 is 1.41 bits per heavy atom. The number of aryl methyl sites for hydroxylation is 1. The van der Waals surface area contributed by atoms with E-state index in [1.165, 1.54) is 17.1 Å². The van der Waals surface area contributed by atoms with Crippen LogP contribution >= 0.6 is 0 Å². The molecule has 0 amide bonds. The number of hydrogen-bond acceptors (Lipinski definition) is 5. The van der Waals surface area contributed by atoms with E-state index in [0.29, 0.717) is 12.4 Å². The topological polar surface area (TPSA) is 77.6 Å². The number of aromatic nitrogens is 5. The maximum atomic E-state index is 11.8. The molecule has 2 heterocycles. The molecule has 90 valence electrons. The highest BCUT2D eigenvalue weighted by atomic mass is 16.1. The van der Waals surface area contributed by atoms with Gasteiger partial charge in [-0.3, -0.25) is 9.48 Å². The molecule has 0 aliphatic carbocycles. The third-order valence-corrected chi connectivity index (χ3v) is 2.35. The second kappa shape index (κ2) is 4.77. The van der Waals surface area contributed by atoms with Crippen LogP contribution in [0.25, 0.3) is 0 Å². The standard InChI is InChI=1S/C10H14N6O/c1-3-11-8-4-10(17)16(13-5-8)6-9-12-7-14-15(9)2/h4-5,7,11H,3,6H2,1-2H3. The van der Waals surface area contributed by atoms with Crippen LogP contribution in [0.1, 0.15) is 12.7 Å². The Hall–Kier alpha value is -2.18. The van der Waals surface area contributed by atoms with Crippen molar-refractivity contribution in [2.24, 2.45) is 7.05 Å². The van der Waals surface area contributed by atoms with Gasteiger partial charge < -0.3 is 5.32 Å². The van der Waals surface area contributed by atoms with Crippen molar-refractivity contribution < 1.29 is 0 Å². The molecule has 0 aliphatic heterocycles. The van der Waals surface area contributed by atoms with Crippen LogP contribution in [-0.4, -0.2) is 31.1 Å². The molecular formula is C10H14N6O. The molecule has 2 aromatic heterocycles. The Balaban J connectivity index is 2.23. The summed E-state index contributed by atoms with van der Waals surface area (Å²) in [7, 11) is 1.78. The summed E-state index contributed by atoms with van der Waals surface area (Å²) < 4.78 is 2.97. The lowest BCUT2D eigenvalue weighted by Crippen LogP contribution is -2.24. The predicted molar refractivity (Wildman–Crippen MR) is 62.8 cm³/mol. The molecular weight excluding hydrogens is 220 g/mol. The van der Waals surface area contributed by atoms with E-state index in [0.717, 1.165) is 12.2 Å². The summed E-state index contributed by atoms with van der Waals surface area (Å²) in [6.07, 6.45) is 3.08. The maximum absolute atomic E-state index is 11.8. The molecule has 0 spiro atoms. The fourth-order valence-corrected chi connectivity index (χ4v) is 1.45. The maximum Gasteiger partial charge on any atom is 0.269 e. The lowest BCUT2D eigenvalue weighted by atomic mass is 10.4. The third-order valence-electron chi connectivity index (χ3n) is 2.35. The van der Waals surface area contributed by atoms with E-state index in [2.05, 4.69) is 20.5 Å². The zero-order valence-electron chi connectivity index (χ0n) is 9.79. The largest absolute Gasteiger partial charge is 0.384 e. The highest BCUT2D eigenvalue weighted by Crippen LogP contribution is 1.99. The summed E-state index contributed by atoms with van der Waals surface area (Å²) in [6, 6.07) is 1.52. The quantitative estimate of drug-likeness (QED) is 0.796. The Bertz CT molecular complexity index is 558. The van der Waals surface area contributed by atoms with Gasteiger partial charge in [-0.15, -0.1) is 0 Å². The normalized spacial score (nSPS) is 10.5. The van der Waals surface area contributed by atoms with Gasteiger partial charge in [-0.25, -0.2) is 9.67 Å². The molecule has 0 atom stereocenters. The van der Waals surface area contributed by atoms with Gasteiger partial charge in [0, 0.05) is 19.7 Å². The van der Waals surface area contributed by atoms with Gasteiger partial charge in [-0.05, 0) is 6.92 Å². The van der Waals surface area contributed by atoms with Gasteiger partial charge in [0.15, 0.2) is 0 Å². The van der Waals surface area contributed by atoms with Crippen LogP contribution in [0.4, 0.5) is 5.69 Å². The SMILES string of the molecule is CCNc1cnn(Cc2ncnn2C)c(=O)c1. The number of hydrogen-bond donors (Lipinski definition) is 1. The van der Waals surface area contributed by atoms with E-state index in [4.69, 9.17) is 0 Å². The molecule has 0 saturated carbocycles. The number of rotatable bonds is 4. The fourth-order valence-electron chi connectivity index (χ4n) is 1.45. The van der Waals surface area contributed by atoms with Gasteiger partial charge in [0.25, 0.3) is 5.56 Å². The van der Waals surface area contributed by atoms with E-state index in [-0.39, 0.29) is 5.56 Å². The van der Waals surface area contributed by atoms with Gasteiger partial charge in [0.2, 0.25) is 0 Å². The number of nitrogens with zero attached hydrogens (tertiary/aromatic N) is 5. The molecule has 17 heavy (non-hydrogen) atoms. The first-order valence-electron chi connectivity index (χ1n) is 5.34. The van der Waals surface area contributed by atoms with Crippen LogP contribution in [0, 0.1) is 0 Å². The van der Waals surface area contributed by atoms with Crippen molar-refractivity contribution >= 4 is 5.69 Å². The summed E-state index contributed by atoms with van der Waals surface area (Å²) in [4.78, 5) is 15.8.